The number of hydrogen-bond acceptors (Lipinski definition) is 6. The van der Waals surface area contributed by atoms with E-state index >= 15 is 0 Å². The summed E-state index contributed by atoms with van der Waals surface area (Å²) in [6, 6.07) is 5.59. The normalized spacial score (nSPS) is 10.9. The van der Waals surface area contributed by atoms with Crippen LogP contribution in [0, 0.1) is 0 Å². The average Bonchev–Trinajstić information content (AvgIpc) is 2.94. The van der Waals surface area contributed by atoms with E-state index in [0.29, 0.717) is 18.0 Å². The molecule has 0 aliphatic heterocycles. The Morgan fingerprint density at radius 2 is 2.24 bits per heavy atom. The van der Waals surface area contributed by atoms with Crippen molar-refractivity contribution >= 4 is 11.5 Å². The highest BCUT2D eigenvalue weighted by molar-refractivity contribution is 5.42. The minimum Gasteiger partial charge on any atom is -0.363 e. The summed E-state index contributed by atoms with van der Waals surface area (Å²) in [7, 11) is 1.90. The van der Waals surface area contributed by atoms with Crippen molar-refractivity contribution in [2.24, 2.45) is 7.05 Å². The fourth-order valence-electron chi connectivity index (χ4n) is 1.50. The van der Waals surface area contributed by atoms with Gasteiger partial charge in [-0.1, -0.05) is 0 Å². The molecule has 0 saturated carbocycles. The maximum atomic E-state index is 4.20. The van der Waals surface area contributed by atoms with Crippen molar-refractivity contribution in [2.45, 2.75) is 6.54 Å². The van der Waals surface area contributed by atoms with Crippen LogP contribution < -0.4 is 5.32 Å². The fourth-order valence-corrected chi connectivity index (χ4v) is 1.50. The van der Waals surface area contributed by atoms with E-state index in [-0.39, 0.29) is 0 Å². The van der Waals surface area contributed by atoms with E-state index in [1.54, 1.807) is 12.3 Å². The molecule has 0 unspecified atom stereocenters. The Hall–Kier alpha value is -2.51. The van der Waals surface area contributed by atoms with Crippen LogP contribution >= 0.6 is 0 Å². The highest BCUT2D eigenvalue weighted by Gasteiger charge is 2.02. The predicted molar refractivity (Wildman–Crippen MR) is 59.1 cm³/mol. The van der Waals surface area contributed by atoms with Gasteiger partial charge in [0.05, 0.1) is 12.2 Å². The molecule has 1 N–H and O–H groups in total. The SMILES string of the molecule is Cn1nccc1CNc1ccc2nnnn2n1. The molecule has 0 fully saturated rings. The van der Waals surface area contributed by atoms with Crippen LogP contribution in [0.4, 0.5) is 5.82 Å². The Kier molecular flexibility index (Phi) is 2.18. The Labute approximate surface area is 96.2 Å². The summed E-state index contributed by atoms with van der Waals surface area (Å²) >= 11 is 0. The zero-order valence-electron chi connectivity index (χ0n) is 9.15. The number of aryl methyl sites for hydroxylation is 1. The fraction of sp³-hybridized carbons (Fsp3) is 0.222. The van der Waals surface area contributed by atoms with Crippen LogP contribution in [0.1, 0.15) is 5.69 Å². The molecule has 17 heavy (non-hydrogen) atoms. The number of nitrogens with one attached hydrogen (secondary N) is 1. The maximum Gasteiger partial charge on any atom is 0.200 e. The van der Waals surface area contributed by atoms with Gasteiger partial charge in [0.15, 0.2) is 5.65 Å². The molecule has 0 aliphatic carbocycles. The summed E-state index contributed by atoms with van der Waals surface area (Å²) in [5.74, 6) is 0.714. The smallest absolute Gasteiger partial charge is 0.200 e. The number of aromatic nitrogens is 7. The lowest BCUT2D eigenvalue weighted by atomic mass is 10.4. The van der Waals surface area contributed by atoms with Crippen LogP contribution in [0.5, 0.6) is 0 Å². The first kappa shape index (κ1) is 9.70. The third-order valence-electron chi connectivity index (χ3n) is 2.44. The van der Waals surface area contributed by atoms with Crippen LogP contribution in [0.2, 0.25) is 0 Å². The van der Waals surface area contributed by atoms with Gasteiger partial charge in [-0.25, -0.2) is 0 Å². The van der Waals surface area contributed by atoms with E-state index in [2.05, 4.69) is 31.0 Å². The molecule has 3 aromatic heterocycles. The molecule has 0 radical (unpaired) electrons. The molecule has 8 nitrogen and oxygen atoms in total. The first-order valence-electron chi connectivity index (χ1n) is 5.09. The van der Waals surface area contributed by atoms with Crippen molar-refractivity contribution in [1.82, 2.24) is 35.0 Å². The topological polar surface area (TPSA) is 85.8 Å². The lowest BCUT2D eigenvalue weighted by Gasteiger charge is -2.05. The summed E-state index contributed by atoms with van der Waals surface area (Å²) in [4.78, 5) is 0. The van der Waals surface area contributed by atoms with Crippen molar-refractivity contribution in [1.29, 1.82) is 0 Å². The van der Waals surface area contributed by atoms with Gasteiger partial charge in [-0.2, -0.15) is 5.10 Å². The molecule has 8 heteroatoms. The average molecular weight is 230 g/mol. The van der Waals surface area contributed by atoms with Crippen LogP contribution in [0.25, 0.3) is 5.65 Å². The van der Waals surface area contributed by atoms with Crippen molar-refractivity contribution in [3.8, 4) is 0 Å². The Balaban J connectivity index is 1.78. The number of fused-ring (bicyclic) bond motifs is 1. The molecule has 0 amide bonds. The molecule has 0 saturated heterocycles. The van der Waals surface area contributed by atoms with Gasteiger partial charge in [0.1, 0.15) is 5.82 Å². The van der Waals surface area contributed by atoms with Gasteiger partial charge in [0, 0.05) is 13.2 Å². The summed E-state index contributed by atoms with van der Waals surface area (Å²) in [5.41, 5.74) is 1.69. The van der Waals surface area contributed by atoms with E-state index in [0.717, 1.165) is 5.69 Å². The summed E-state index contributed by atoms with van der Waals surface area (Å²) in [5, 5.41) is 22.5. The van der Waals surface area contributed by atoms with Gasteiger partial charge >= 0.3 is 0 Å². The zero-order chi connectivity index (χ0) is 11.7. The highest BCUT2D eigenvalue weighted by Crippen LogP contribution is 2.05. The van der Waals surface area contributed by atoms with Crippen LogP contribution in [-0.4, -0.2) is 35.0 Å². The van der Waals surface area contributed by atoms with E-state index < -0.39 is 0 Å². The Morgan fingerprint density at radius 1 is 1.29 bits per heavy atom. The zero-order valence-corrected chi connectivity index (χ0v) is 9.15. The second-order valence-corrected chi connectivity index (χ2v) is 3.54. The van der Waals surface area contributed by atoms with E-state index in [9.17, 15) is 0 Å². The number of anilines is 1. The predicted octanol–water partition coefficient (Wildman–Crippen LogP) is -0.135. The quantitative estimate of drug-likeness (QED) is 0.674. The number of tetrazole rings is 1. The molecule has 0 spiro atoms. The lowest BCUT2D eigenvalue weighted by Crippen LogP contribution is -2.08. The molecular formula is C9H10N8. The molecular weight excluding hydrogens is 220 g/mol. The molecule has 0 aliphatic rings. The summed E-state index contributed by atoms with van der Waals surface area (Å²) in [6.45, 7) is 0.650. The standard InChI is InChI=1S/C9H10N8/c1-16-7(4-5-11-16)6-10-8-2-3-9-12-14-15-17(9)13-8/h2-5H,6H2,1H3,(H,10,13). The third-order valence-corrected chi connectivity index (χ3v) is 2.44. The van der Waals surface area contributed by atoms with E-state index in [4.69, 9.17) is 0 Å². The summed E-state index contributed by atoms with van der Waals surface area (Å²) < 4.78 is 3.19. The van der Waals surface area contributed by atoms with E-state index in [1.165, 1.54) is 4.63 Å². The molecule has 3 rings (SSSR count). The molecule has 3 heterocycles. The first-order chi connectivity index (χ1) is 8.33. The molecule has 0 bridgehead atoms. The summed E-state index contributed by atoms with van der Waals surface area (Å²) in [6.07, 6.45) is 1.76. The third kappa shape index (κ3) is 1.80. The Morgan fingerprint density at radius 3 is 3.06 bits per heavy atom. The van der Waals surface area contributed by atoms with Gasteiger partial charge in [-0.05, 0) is 28.6 Å². The van der Waals surface area contributed by atoms with Crippen molar-refractivity contribution in [3.63, 3.8) is 0 Å². The highest BCUT2D eigenvalue weighted by atomic mass is 15.6. The van der Waals surface area contributed by atoms with Crippen molar-refractivity contribution in [3.05, 3.63) is 30.1 Å². The van der Waals surface area contributed by atoms with Gasteiger partial charge in [-0.3, -0.25) is 4.68 Å². The van der Waals surface area contributed by atoms with Gasteiger partial charge in [0.2, 0.25) is 0 Å². The largest absolute Gasteiger partial charge is 0.363 e. The molecule has 3 aromatic rings. The number of hydrogen-bond donors (Lipinski definition) is 1. The van der Waals surface area contributed by atoms with Crippen LogP contribution in [0.15, 0.2) is 24.4 Å². The number of nitrogens with zero attached hydrogens (tertiary/aromatic N) is 7. The van der Waals surface area contributed by atoms with Gasteiger partial charge in [0.25, 0.3) is 0 Å². The molecule has 0 aromatic carbocycles. The van der Waals surface area contributed by atoms with Gasteiger partial charge in [-0.15, -0.1) is 14.8 Å². The minimum atomic E-state index is 0.621. The van der Waals surface area contributed by atoms with Crippen LogP contribution in [0.3, 0.4) is 0 Å². The second-order valence-electron chi connectivity index (χ2n) is 3.54. The van der Waals surface area contributed by atoms with Gasteiger partial charge < -0.3 is 5.32 Å². The number of rotatable bonds is 3. The minimum absolute atomic E-state index is 0.621. The lowest BCUT2D eigenvalue weighted by molar-refractivity contribution is 0.712. The maximum absolute atomic E-state index is 4.20. The monoisotopic (exact) mass is 230 g/mol. The van der Waals surface area contributed by atoms with E-state index in [1.807, 2.05) is 23.9 Å². The first-order valence-corrected chi connectivity index (χ1v) is 5.09. The van der Waals surface area contributed by atoms with Crippen molar-refractivity contribution < 1.29 is 0 Å². The molecule has 0 atom stereocenters. The van der Waals surface area contributed by atoms with Crippen molar-refractivity contribution in [2.75, 3.05) is 5.32 Å². The molecule has 86 valence electrons. The second kappa shape index (κ2) is 3.81. The van der Waals surface area contributed by atoms with Crippen LogP contribution in [-0.2, 0) is 13.6 Å². The Bertz CT molecular complexity index is 639.